The van der Waals surface area contributed by atoms with Gasteiger partial charge >= 0.3 is 0 Å². The number of phenols is 1. The van der Waals surface area contributed by atoms with Gasteiger partial charge in [-0.3, -0.25) is 4.79 Å². The Morgan fingerprint density at radius 2 is 2.04 bits per heavy atom. The summed E-state index contributed by atoms with van der Waals surface area (Å²) in [6.45, 7) is 1.92. The van der Waals surface area contributed by atoms with Crippen LogP contribution in [0.25, 0.3) is 5.69 Å². The monoisotopic (exact) mass is 361 g/mol. The third-order valence-electron chi connectivity index (χ3n) is 3.65. The smallest absolute Gasteiger partial charge is 0.189 e. The zero-order valence-electron chi connectivity index (χ0n) is 12.7. The van der Waals surface area contributed by atoms with Crippen LogP contribution in [0.4, 0.5) is 0 Å². The number of rotatable bonds is 4. The second kappa shape index (κ2) is 6.63. The quantitative estimate of drug-likeness (QED) is 0.712. The third-order valence-corrected chi connectivity index (χ3v) is 4.27. The lowest BCUT2D eigenvalue weighted by molar-refractivity contribution is 0.0988. The maximum Gasteiger partial charge on any atom is 0.189 e. The van der Waals surface area contributed by atoms with E-state index >= 15 is 0 Å². The Morgan fingerprint density at radius 1 is 1.25 bits per heavy atom. The van der Waals surface area contributed by atoms with Crippen LogP contribution < -0.4 is 0 Å². The predicted molar refractivity (Wildman–Crippen MR) is 92.3 cm³/mol. The number of halogens is 2. The fraction of sp³-hybridized carbons (Fsp3) is 0.118. The Morgan fingerprint density at radius 3 is 2.83 bits per heavy atom. The standard InChI is InChI=1S/C17H13Cl2N3O2/c1-10-5-6-12(18)7-11(10)8-16(24)13-9-22(21-20-13)14-3-2-4-15(23)17(14)19/h2-7,9,23H,8H2,1H3. The van der Waals surface area contributed by atoms with Crippen molar-refractivity contribution in [2.45, 2.75) is 13.3 Å². The van der Waals surface area contributed by atoms with E-state index in [9.17, 15) is 9.90 Å². The molecule has 2 aromatic carbocycles. The van der Waals surface area contributed by atoms with E-state index in [1.54, 1.807) is 24.3 Å². The molecule has 0 spiro atoms. The minimum atomic E-state index is -0.178. The molecule has 1 N–H and O–H groups in total. The van der Waals surface area contributed by atoms with E-state index in [4.69, 9.17) is 23.2 Å². The highest BCUT2D eigenvalue weighted by Gasteiger charge is 2.15. The van der Waals surface area contributed by atoms with Gasteiger partial charge in [0.05, 0.1) is 11.9 Å². The lowest BCUT2D eigenvalue weighted by Gasteiger charge is -2.05. The van der Waals surface area contributed by atoms with Crippen LogP contribution in [0.3, 0.4) is 0 Å². The van der Waals surface area contributed by atoms with Crippen molar-refractivity contribution < 1.29 is 9.90 Å². The molecule has 5 nitrogen and oxygen atoms in total. The van der Waals surface area contributed by atoms with Gasteiger partial charge in [-0.25, -0.2) is 4.68 Å². The van der Waals surface area contributed by atoms with Gasteiger partial charge in [-0.2, -0.15) is 0 Å². The normalized spacial score (nSPS) is 10.8. The summed E-state index contributed by atoms with van der Waals surface area (Å²) in [5, 5.41) is 18.2. The molecule has 1 heterocycles. The molecule has 7 heteroatoms. The molecule has 0 aliphatic carbocycles. The van der Waals surface area contributed by atoms with E-state index in [2.05, 4.69) is 10.3 Å². The number of aromatic hydroxyl groups is 1. The first kappa shape index (κ1) is 16.5. The minimum absolute atomic E-state index is 0.0629. The Balaban J connectivity index is 1.86. The van der Waals surface area contributed by atoms with Crippen LogP contribution in [0.15, 0.2) is 42.6 Å². The van der Waals surface area contributed by atoms with Crippen molar-refractivity contribution in [3.63, 3.8) is 0 Å². The number of nitrogens with zero attached hydrogens (tertiary/aromatic N) is 3. The zero-order chi connectivity index (χ0) is 17.3. The number of carbonyl (C=O) groups excluding carboxylic acids is 1. The van der Waals surface area contributed by atoms with E-state index in [0.717, 1.165) is 11.1 Å². The number of aromatic nitrogens is 3. The number of hydrogen-bond donors (Lipinski definition) is 1. The molecule has 0 saturated carbocycles. The van der Waals surface area contributed by atoms with Crippen molar-refractivity contribution in [3.8, 4) is 11.4 Å². The maximum absolute atomic E-state index is 12.4. The first-order chi connectivity index (χ1) is 11.5. The second-order valence-electron chi connectivity index (χ2n) is 5.33. The summed E-state index contributed by atoms with van der Waals surface area (Å²) >= 11 is 12.0. The van der Waals surface area contributed by atoms with Gasteiger partial charge in [0, 0.05) is 11.4 Å². The average Bonchev–Trinajstić information content (AvgIpc) is 3.03. The van der Waals surface area contributed by atoms with Crippen molar-refractivity contribution in [3.05, 3.63) is 69.5 Å². The van der Waals surface area contributed by atoms with Crippen LogP contribution in [0.1, 0.15) is 21.6 Å². The Hall–Kier alpha value is -2.37. The van der Waals surface area contributed by atoms with Gasteiger partial charge in [-0.1, -0.05) is 40.5 Å². The van der Waals surface area contributed by atoms with Crippen LogP contribution in [0, 0.1) is 6.92 Å². The molecule has 1 aromatic heterocycles. The number of Topliss-reactive ketones (excluding diaryl/α,β-unsaturated/α-hetero) is 1. The highest BCUT2D eigenvalue weighted by atomic mass is 35.5. The van der Waals surface area contributed by atoms with Crippen LogP contribution in [-0.4, -0.2) is 25.9 Å². The van der Waals surface area contributed by atoms with Crippen molar-refractivity contribution in [2.75, 3.05) is 0 Å². The fourth-order valence-electron chi connectivity index (χ4n) is 2.29. The minimum Gasteiger partial charge on any atom is -0.506 e. The molecule has 0 fully saturated rings. The van der Waals surface area contributed by atoms with E-state index in [1.165, 1.54) is 16.9 Å². The van der Waals surface area contributed by atoms with Crippen LogP contribution >= 0.6 is 23.2 Å². The SMILES string of the molecule is Cc1ccc(Cl)cc1CC(=O)c1cn(-c2cccc(O)c2Cl)nn1. The maximum atomic E-state index is 12.4. The van der Waals surface area contributed by atoms with Gasteiger partial charge in [-0.05, 0) is 42.3 Å². The Bertz CT molecular complexity index is 922. The summed E-state index contributed by atoms with van der Waals surface area (Å²) in [7, 11) is 0. The van der Waals surface area contributed by atoms with E-state index in [-0.39, 0.29) is 28.7 Å². The molecule has 122 valence electrons. The van der Waals surface area contributed by atoms with Gasteiger partial charge in [-0.15, -0.1) is 5.10 Å². The predicted octanol–water partition coefficient (Wildman–Crippen LogP) is 4.01. The third kappa shape index (κ3) is 3.27. The number of ketones is 1. The van der Waals surface area contributed by atoms with Crippen LogP contribution in [0.5, 0.6) is 5.75 Å². The summed E-state index contributed by atoms with van der Waals surface area (Å²) in [6, 6.07) is 10.2. The molecular formula is C17H13Cl2N3O2. The zero-order valence-corrected chi connectivity index (χ0v) is 14.2. The molecule has 0 bridgehead atoms. The molecule has 0 unspecified atom stereocenters. The van der Waals surface area contributed by atoms with E-state index < -0.39 is 0 Å². The lowest BCUT2D eigenvalue weighted by atomic mass is 10.0. The molecular weight excluding hydrogens is 349 g/mol. The summed E-state index contributed by atoms with van der Waals surface area (Å²) in [5.74, 6) is -0.241. The molecule has 0 atom stereocenters. The number of benzene rings is 2. The highest BCUT2D eigenvalue weighted by molar-refractivity contribution is 6.33. The van der Waals surface area contributed by atoms with Crippen molar-refractivity contribution >= 4 is 29.0 Å². The number of aryl methyl sites for hydroxylation is 1. The molecule has 0 aliphatic heterocycles. The first-order valence-electron chi connectivity index (χ1n) is 7.14. The molecule has 3 aromatic rings. The molecule has 0 aliphatic rings. The topological polar surface area (TPSA) is 68.0 Å². The average molecular weight is 362 g/mol. The number of carbonyl (C=O) groups is 1. The summed E-state index contributed by atoms with van der Waals surface area (Å²) in [4.78, 5) is 12.4. The van der Waals surface area contributed by atoms with E-state index in [0.29, 0.717) is 10.7 Å². The Kier molecular flexibility index (Phi) is 4.55. The molecule has 0 saturated heterocycles. The van der Waals surface area contributed by atoms with Gasteiger partial charge < -0.3 is 5.11 Å². The second-order valence-corrected chi connectivity index (χ2v) is 6.14. The van der Waals surface area contributed by atoms with Crippen LogP contribution in [-0.2, 0) is 6.42 Å². The fourth-order valence-corrected chi connectivity index (χ4v) is 2.70. The van der Waals surface area contributed by atoms with Gasteiger partial charge in [0.1, 0.15) is 16.5 Å². The first-order valence-corrected chi connectivity index (χ1v) is 7.89. The Labute approximate surface area is 148 Å². The van der Waals surface area contributed by atoms with E-state index in [1.807, 2.05) is 13.0 Å². The van der Waals surface area contributed by atoms with Gasteiger partial charge in [0.25, 0.3) is 0 Å². The summed E-state index contributed by atoms with van der Waals surface area (Å²) < 4.78 is 1.36. The van der Waals surface area contributed by atoms with Crippen molar-refractivity contribution in [1.82, 2.24) is 15.0 Å². The molecule has 0 radical (unpaired) electrons. The molecule has 24 heavy (non-hydrogen) atoms. The van der Waals surface area contributed by atoms with Crippen LogP contribution in [0.2, 0.25) is 10.0 Å². The number of hydrogen-bond acceptors (Lipinski definition) is 4. The summed E-state index contributed by atoms with van der Waals surface area (Å²) in [6.07, 6.45) is 1.67. The van der Waals surface area contributed by atoms with Crippen molar-refractivity contribution in [2.24, 2.45) is 0 Å². The lowest BCUT2D eigenvalue weighted by Crippen LogP contribution is -2.05. The summed E-state index contributed by atoms with van der Waals surface area (Å²) in [5.41, 5.74) is 2.49. The molecule has 0 amide bonds. The molecule has 3 rings (SSSR count). The van der Waals surface area contributed by atoms with Gasteiger partial charge in [0.15, 0.2) is 5.78 Å². The van der Waals surface area contributed by atoms with Crippen molar-refractivity contribution in [1.29, 1.82) is 0 Å². The highest BCUT2D eigenvalue weighted by Crippen LogP contribution is 2.29. The number of phenolic OH excluding ortho intramolecular Hbond substituents is 1. The largest absolute Gasteiger partial charge is 0.506 e. The van der Waals surface area contributed by atoms with Gasteiger partial charge in [0.2, 0.25) is 0 Å².